The largest absolute Gasteiger partial charge is 0.424 e. The SMILES string of the molecule is Cc1nnc(CN2CCCC(C3CCCN3)C2)o1. The van der Waals surface area contributed by atoms with Crippen molar-refractivity contribution in [3.05, 3.63) is 11.8 Å². The summed E-state index contributed by atoms with van der Waals surface area (Å²) >= 11 is 0. The first-order valence-corrected chi connectivity index (χ1v) is 7.06. The molecule has 2 aliphatic heterocycles. The van der Waals surface area contributed by atoms with Gasteiger partial charge in [0.25, 0.3) is 0 Å². The van der Waals surface area contributed by atoms with Crippen molar-refractivity contribution in [1.82, 2.24) is 20.4 Å². The second-order valence-corrected chi connectivity index (χ2v) is 5.56. The standard InChI is InChI=1S/C13H22N4O/c1-10-15-16-13(18-10)9-17-7-3-4-11(8-17)12-5-2-6-14-12/h11-12,14H,2-9H2,1H3. The van der Waals surface area contributed by atoms with Crippen LogP contribution in [0.25, 0.3) is 0 Å². The molecular weight excluding hydrogens is 228 g/mol. The van der Waals surface area contributed by atoms with Crippen molar-refractivity contribution >= 4 is 0 Å². The second-order valence-electron chi connectivity index (χ2n) is 5.56. The predicted molar refractivity (Wildman–Crippen MR) is 68.1 cm³/mol. The Morgan fingerprint density at radius 3 is 3.00 bits per heavy atom. The van der Waals surface area contributed by atoms with Crippen molar-refractivity contribution in [3.8, 4) is 0 Å². The molecule has 0 bridgehead atoms. The first-order valence-electron chi connectivity index (χ1n) is 7.06. The highest BCUT2D eigenvalue weighted by molar-refractivity contribution is 4.88. The van der Waals surface area contributed by atoms with E-state index in [1.54, 1.807) is 0 Å². The molecule has 5 nitrogen and oxygen atoms in total. The zero-order chi connectivity index (χ0) is 12.4. The van der Waals surface area contributed by atoms with Crippen molar-refractivity contribution < 1.29 is 4.42 Å². The number of aromatic nitrogens is 2. The number of hydrogen-bond acceptors (Lipinski definition) is 5. The molecule has 18 heavy (non-hydrogen) atoms. The van der Waals surface area contributed by atoms with Crippen LogP contribution in [0, 0.1) is 12.8 Å². The lowest BCUT2D eigenvalue weighted by atomic mass is 9.90. The van der Waals surface area contributed by atoms with Crippen molar-refractivity contribution in [3.63, 3.8) is 0 Å². The molecule has 2 aliphatic rings. The van der Waals surface area contributed by atoms with Crippen molar-refractivity contribution in [2.45, 2.75) is 45.2 Å². The number of nitrogens with zero attached hydrogens (tertiary/aromatic N) is 3. The van der Waals surface area contributed by atoms with Crippen LogP contribution in [0.2, 0.25) is 0 Å². The first kappa shape index (κ1) is 12.1. The molecule has 0 saturated carbocycles. The molecule has 0 radical (unpaired) electrons. The van der Waals surface area contributed by atoms with E-state index in [2.05, 4.69) is 20.4 Å². The Bertz CT molecular complexity index is 386. The number of likely N-dealkylation sites (tertiary alicyclic amines) is 1. The summed E-state index contributed by atoms with van der Waals surface area (Å²) in [5.41, 5.74) is 0. The van der Waals surface area contributed by atoms with Crippen LogP contribution in [-0.4, -0.2) is 40.8 Å². The van der Waals surface area contributed by atoms with Gasteiger partial charge in [-0.05, 0) is 44.7 Å². The Morgan fingerprint density at radius 2 is 2.28 bits per heavy atom. The quantitative estimate of drug-likeness (QED) is 0.877. The minimum Gasteiger partial charge on any atom is -0.424 e. The van der Waals surface area contributed by atoms with E-state index in [9.17, 15) is 0 Å². The van der Waals surface area contributed by atoms with Gasteiger partial charge in [-0.15, -0.1) is 10.2 Å². The third kappa shape index (κ3) is 2.72. The average molecular weight is 250 g/mol. The average Bonchev–Trinajstić information content (AvgIpc) is 3.01. The Morgan fingerprint density at radius 1 is 1.33 bits per heavy atom. The predicted octanol–water partition coefficient (Wildman–Crippen LogP) is 1.34. The summed E-state index contributed by atoms with van der Waals surface area (Å²) in [6.07, 6.45) is 5.33. The Balaban J connectivity index is 1.56. The van der Waals surface area contributed by atoms with Gasteiger partial charge in [-0.25, -0.2) is 0 Å². The first-order chi connectivity index (χ1) is 8.81. The molecule has 5 heteroatoms. The van der Waals surface area contributed by atoms with E-state index in [-0.39, 0.29) is 0 Å². The number of aryl methyl sites for hydroxylation is 1. The zero-order valence-electron chi connectivity index (χ0n) is 11.1. The van der Waals surface area contributed by atoms with Gasteiger partial charge in [-0.1, -0.05) is 0 Å². The van der Waals surface area contributed by atoms with Gasteiger partial charge < -0.3 is 9.73 Å². The summed E-state index contributed by atoms with van der Waals surface area (Å²) in [5.74, 6) is 2.22. The van der Waals surface area contributed by atoms with Gasteiger partial charge in [0.2, 0.25) is 11.8 Å². The zero-order valence-corrected chi connectivity index (χ0v) is 11.1. The van der Waals surface area contributed by atoms with Gasteiger partial charge >= 0.3 is 0 Å². The molecule has 1 aromatic heterocycles. The van der Waals surface area contributed by atoms with Gasteiger partial charge in [-0.3, -0.25) is 4.90 Å². The highest BCUT2D eigenvalue weighted by Gasteiger charge is 2.29. The normalized spacial score (nSPS) is 29.8. The topological polar surface area (TPSA) is 54.2 Å². The molecule has 1 aromatic rings. The molecule has 3 rings (SSSR count). The van der Waals surface area contributed by atoms with Crippen LogP contribution in [-0.2, 0) is 6.54 Å². The molecule has 2 fully saturated rings. The Labute approximate surface area is 108 Å². The molecule has 2 atom stereocenters. The van der Waals surface area contributed by atoms with Crippen LogP contribution < -0.4 is 5.32 Å². The molecular formula is C13H22N4O. The number of hydrogen-bond donors (Lipinski definition) is 1. The maximum Gasteiger partial charge on any atom is 0.230 e. The number of rotatable bonds is 3. The van der Waals surface area contributed by atoms with Crippen LogP contribution in [0.3, 0.4) is 0 Å². The molecule has 2 unspecified atom stereocenters. The lowest BCUT2D eigenvalue weighted by Gasteiger charge is -2.35. The Hall–Kier alpha value is -0.940. The van der Waals surface area contributed by atoms with Crippen molar-refractivity contribution in [2.75, 3.05) is 19.6 Å². The van der Waals surface area contributed by atoms with Gasteiger partial charge in [0, 0.05) is 19.5 Å². The summed E-state index contributed by atoms with van der Waals surface area (Å²) in [4.78, 5) is 2.46. The van der Waals surface area contributed by atoms with E-state index < -0.39 is 0 Å². The monoisotopic (exact) mass is 250 g/mol. The van der Waals surface area contributed by atoms with Gasteiger partial charge in [-0.2, -0.15) is 0 Å². The third-order valence-corrected chi connectivity index (χ3v) is 4.14. The molecule has 0 aliphatic carbocycles. The fourth-order valence-corrected chi connectivity index (χ4v) is 3.27. The molecule has 0 aromatic carbocycles. The van der Waals surface area contributed by atoms with E-state index in [0.29, 0.717) is 5.89 Å². The summed E-state index contributed by atoms with van der Waals surface area (Å²) in [6.45, 7) is 6.18. The van der Waals surface area contributed by atoms with Crippen LogP contribution in [0.5, 0.6) is 0 Å². The van der Waals surface area contributed by atoms with E-state index in [0.717, 1.165) is 30.9 Å². The molecule has 100 valence electrons. The number of nitrogens with one attached hydrogen (secondary N) is 1. The minimum absolute atomic E-state index is 0.663. The lowest BCUT2D eigenvalue weighted by molar-refractivity contribution is 0.134. The van der Waals surface area contributed by atoms with Gasteiger partial charge in [0.15, 0.2) is 0 Å². The van der Waals surface area contributed by atoms with E-state index in [1.807, 2.05) is 6.92 Å². The van der Waals surface area contributed by atoms with E-state index in [4.69, 9.17) is 4.42 Å². The summed E-state index contributed by atoms with van der Waals surface area (Å²) in [7, 11) is 0. The maximum atomic E-state index is 5.47. The fraction of sp³-hybridized carbons (Fsp3) is 0.846. The van der Waals surface area contributed by atoms with E-state index in [1.165, 1.54) is 38.8 Å². The van der Waals surface area contributed by atoms with Gasteiger partial charge in [0.05, 0.1) is 6.54 Å². The van der Waals surface area contributed by atoms with E-state index >= 15 is 0 Å². The lowest BCUT2D eigenvalue weighted by Crippen LogP contribution is -2.43. The highest BCUT2D eigenvalue weighted by Crippen LogP contribution is 2.25. The van der Waals surface area contributed by atoms with Crippen LogP contribution in [0.15, 0.2) is 4.42 Å². The molecule has 2 saturated heterocycles. The number of piperidine rings is 1. The third-order valence-electron chi connectivity index (χ3n) is 4.14. The summed E-state index contributed by atoms with van der Waals surface area (Å²) in [5, 5.41) is 11.6. The second kappa shape index (κ2) is 5.36. The van der Waals surface area contributed by atoms with Gasteiger partial charge in [0.1, 0.15) is 0 Å². The molecule has 3 heterocycles. The van der Waals surface area contributed by atoms with Crippen LogP contribution in [0.4, 0.5) is 0 Å². The maximum absolute atomic E-state index is 5.47. The van der Waals surface area contributed by atoms with Crippen LogP contribution in [0.1, 0.15) is 37.5 Å². The minimum atomic E-state index is 0.663. The Kier molecular flexibility index (Phi) is 3.61. The van der Waals surface area contributed by atoms with Crippen LogP contribution >= 0.6 is 0 Å². The molecule has 0 spiro atoms. The molecule has 0 amide bonds. The van der Waals surface area contributed by atoms with Crippen molar-refractivity contribution in [2.24, 2.45) is 5.92 Å². The molecule has 1 N–H and O–H groups in total. The fourth-order valence-electron chi connectivity index (χ4n) is 3.27. The van der Waals surface area contributed by atoms with Crippen molar-refractivity contribution in [1.29, 1.82) is 0 Å². The summed E-state index contributed by atoms with van der Waals surface area (Å²) in [6, 6.07) is 0.734. The summed E-state index contributed by atoms with van der Waals surface area (Å²) < 4.78 is 5.47. The smallest absolute Gasteiger partial charge is 0.230 e. The highest BCUT2D eigenvalue weighted by atomic mass is 16.4.